The van der Waals surface area contributed by atoms with Gasteiger partial charge in [0.1, 0.15) is 5.57 Å². The van der Waals surface area contributed by atoms with E-state index in [2.05, 4.69) is 39.0 Å². The van der Waals surface area contributed by atoms with E-state index in [-0.39, 0.29) is 5.82 Å². The number of carboxylic acid groups (broad SMARTS) is 2. The van der Waals surface area contributed by atoms with Crippen LogP contribution < -0.4 is 0 Å². The second-order valence-corrected chi connectivity index (χ2v) is 8.16. The maximum absolute atomic E-state index is 11.3. The van der Waals surface area contributed by atoms with E-state index in [4.69, 9.17) is 5.11 Å². The first-order chi connectivity index (χ1) is 15.4. The van der Waals surface area contributed by atoms with Gasteiger partial charge in [0.15, 0.2) is 5.82 Å². The molecule has 0 atom stereocenters. The van der Waals surface area contributed by atoms with Gasteiger partial charge in [-0.15, -0.1) is 0 Å². The third kappa shape index (κ3) is 4.76. The zero-order chi connectivity index (χ0) is 22.7. The molecule has 0 unspecified atom stereocenters. The van der Waals surface area contributed by atoms with Gasteiger partial charge in [0, 0.05) is 56.8 Å². The number of benzene rings is 1. The average molecular weight is 434 g/mol. The van der Waals surface area contributed by atoms with Crippen molar-refractivity contribution in [3.05, 3.63) is 59.7 Å². The highest BCUT2D eigenvalue weighted by atomic mass is 16.4. The van der Waals surface area contributed by atoms with Crippen LogP contribution in [0.1, 0.15) is 23.4 Å². The zero-order valence-electron chi connectivity index (χ0n) is 18.0. The molecule has 1 aliphatic heterocycles. The summed E-state index contributed by atoms with van der Waals surface area (Å²) < 4.78 is 0. The molecule has 0 spiro atoms. The summed E-state index contributed by atoms with van der Waals surface area (Å²) >= 11 is 0. The van der Waals surface area contributed by atoms with Crippen molar-refractivity contribution >= 4 is 23.1 Å². The molecule has 0 radical (unpaired) electrons. The molecule has 8 heteroatoms. The molecule has 2 N–H and O–H groups in total. The van der Waals surface area contributed by atoms with Crippen molar-refractivity contribution in [2.75, 3.05) is 39.8 Å². The zero-order valence-corrected chi connectivity index (χ0v) is 18.0. The van der Waals surface area contributed by atoms with Crippen molar-refractivity contribution < 1.29 is 19.8 Å². The molecule has 0 saturated carbocycles. The van der Waals surface area contributed by atoms with E-state index in [1.807, 2.05) is 12.1 Å². The number of allylic oxidation sites excluding steroid dienone is 1. The highest BCUT2D eigenvalue weighted by Crippen LogP contribution is 2.36. The van der Waals surface area contributed by atoms with Crippen LogP contribution in [0.15, 0.2) is 42.7 Å². The van der Waals surface area contributed by atoms with Crippen molar-refractivity contribution in [1.82, 2.24) is 19.8 Å². The largest absolute Gasteiger partial charge is 0.478 e. The Balaban J connectivity index is 1.51. The summed E-state index contributed by atoms with van der Waals surface area (Å²) in [5.74, 6) is -2.86. The maximum Gasteiger partial charge on any atom is 0.339 e. The summed E-state index contributed by atoms with van der Waals surface area (Å²) in [6, 6.07) is 6.18. The second-order valence-electron chi connectivity index (χ2n) is 8.16. The third-order valence-electron chi connectivity index (χ3n) is 6.07. The number of fused-ring (bicyclic) bond motifs is 1. The van der Waals surface area contributed by atoms with Crippen molar-refractivity contribution in [1.29, 1.82) is 0 Å². The number of hydrogen-bond acceptors (Lipinski definition) is 6. The molecule has 1 aliphatic carbocycles. The lowest BCUT2D eigenvalue weighted by atomic mass is 9.95. The van der Waals surface area contributed by atoms with Crippen molar-refractivity contribution in [2.45, 2.75) is 12.8 Å². The first kappa shape index (κ1) is 21.9. The van der Waals surface area contributed by atoms with E-state index in [9.17, 15) is 14.7 Å². The SMILES string of the molecule is CN1CCN(CCC2=CCc3c2cccc3-c2cnc(C(=CC(=O)O)C(=O)O)nc2)CC1. The standard InChI is InChI=1S/C24H26N4O4/c1-27-9-11-28(12-10-27)8-7-16-5-6-20-18(16)3-2-4-19(20)17-14-25-23(26-15-17)21(24(31)32)13-22(29)30/h2-5,13-15H,6-12H2,1H3,(H,29,30)(H,31,32). The molecular weight excluding hydrogens is 408 g/mol. The number of carbonyl (C=O) groups is 2. The lowest BCUT2D eigenvalue weighted by molar-refractivity contribution is -0.133. The van der Waals surface area contributed by atoms with Crippen LogP contribution >= 0.6 is 0 Å². The van der Waals surface area contributed by atoms with Crippen molar-refractivity contribution in [3.63, 3.8) is 0 Å². The number of aromatic nitrogens is 2. The summed E-state index contributed by atoms with van der Waals surface area (Å²) in [6.45, 7) is 5.49. The topological polar surface area (TPSA) is 107 Å². The minimum Gasteiger partial charge on any atom is -0.478 e. The lowest BCUT2D eigenvalue weighted by Gasteiger charge is -2.32. The molecule has 2 heterocycles. The predicted molar refractivity (Wildman–Crippen MR) is 121 cm³/mol. The molecule has 2 aliphatic rings. The summed E-state index contributed by atoms with van der Waals surface area (Å²) in [6.07, 6.45) is 7.85. The Morgan fingerprint density at radius 3 is 2.41 bits per heavy atom. The summed E-state index contributed by atoms with van der Waals surface area (Å²) in [5, 5.41) is 18.1. The van der Waals surface area contributed by atoms with Gasteiger partial charge in [-0.05, 0) is 42.2 Å². The van der Waals surface area contributed by atoms with Crippen LogP contribution in [0.4, 0.5) is 0 Å². The van der Waals surface area contributed by atoms with E-state index in [0.29, 0.717) is 6.08 Å². The fourth-order valence-electron chi connectivity index (χ4n) is 4.25. The van der Waals surface area contributed by atoms with E-state index in [1.165, 1.54) is 16.7 Å². The van der Waals surface area contributed by atoms with E-state index in [1.54, 1.807) is 12.4 Å². The molecule has 1 aromatic heterocycles. The molecule has 1 aromatic carbocycles. The Morgan fingerprint density at radius 1 is 1.06 bits per heavy atom. The average Bonchev–Trinajstić information content (AvgIpc) is 3.20. The Bertz CT molecular complexity index is 1080. The van der Waals surface area contributed by atoms with Gasteiger partial charge >= 0.3 is 11.9 Å². The molecule has 32 heavy (non-hydrogen) atoms. The number of nitrogens with zero attached hydrogens (tertiary/aromatic N) is 4. The molecule has 0 bridgehead atoms. The van der Waals surface area contributed by atoms with E-state index >= 15 is 0 Å². The molecule has 2 aromatic rings. The number of rotatable bonds is 7. The van der Waals surface area contributed by atoms with Gasteiger partial charge in [0.25, 0.3) is 0 Å². The van der Waals surface area contributed by atoms with Crippen LogP contribution in [0.5, 0.6) is 0 Å². The maximum atomic E-state index is 11.3. The molecule has 1 saturated heterocycles. The fraction of sp³-hybridized carbons (Fsp3) is 0.333. The first-order valence-corrected chi connectivity index (χ1v) is 10.7. The van der Waals surface area contributed by atoms with Gasteiger partial charge < -0.3 is 20.0 Å². The third-order valence-corrected chi connectivity index (χ3v) is 6.07. The number of piperazine rings is 1. The van der Waals surface area contributed by atoms with E-state index in [0.717, 1.165) is 56.7 Å². The Kier molecular flexibility index (Phi) is 6.43. The monoisotopic (exact) mass is 434 g/mol. The predicted octanol–water partition coefficient (Wildman–Crippen LogP) is 2.27. The van der Waals surface area contributed by atoms with Crippen LogP contribution in [0.25, 0.3) is 22.3 Å². The van der Waals surface area contributed by atoms with E-state index < -0.39 is 17.5 Å². The quantitative estimate of drug-likeness (QED) is 0.639. The molecule has 4 rings (SSSR count). The highest BCUT2D eigenvalue weighted by Gasteiger charge is 2.21. The van der Waals surface area contributed by atoms with Gasteiger partial charge in [-0.3, -0.25) is 0 Å². The minimum absolute atomic E-state index is 0.123. The normalized spacial score (nSPS) is 17.2. The van der Waals surface area contributed by atoms with Gasteiger partial charge in [0.2, 0.25) is 0 Å². The van der Waals surface area contributed by atoms with Gasteiger partial charge in [0.05, 0.1) is 0 Å². The summed E-state index contributed by atoms with van der Waals surface area (Å²) in [4.78, 5) is 35.4. The Labute approximate surface area is 186 Å². The summed E-state index contributed by atoms with van der Waals surface area (Å²) in [5.41, 5.74) is 5.17. The highest BCUT2D eigenvalue weighted by molar-refractivity contribution is 6.18. The Morgan fingerprint density at radius 2 is 1.75 bits per heavy atom. The number of likely N-dealkylation sites (N-methyl/N-ethyl adjacent to an activating group) is 1. The van der Waals surface area contributed by atoms with Gasteiger partial charge in [-0.1, -0.05) is 24.3 Å². The van der Waals surface area contributed by atoms with Crippen LogP contribution in [0.2, 0.25) is 0 Å². The number of carboxylic acids is 2. The number of hydrogen-bond donors (Lipinski definition) is 2. The lowest BCUT2D eigenvalue weighted by Crippen LogP contribution is -2.44. The van der Waals surface area contributed by atoms with Crippen LogP contribution in [0, 0.1) is 0 Å². The van der Waals surface area contributed by atoms with Crippen molar-refractivity contribution in [2.24, 2.45) is 0 Å². The molecular formula is C24H26N4O4. The Hall–Kier alpha value is -3.36. The fourth-order valence-corrected chi connectivity index (χ4v) is 4.25. The minimum atomic E-state index is -1.38. The molecule has 8 nitrogen and oxygen atoms in total. The molecule has 166 valence electrons. The van der Waals surface area contributed by atoms with Crippen molar-refractivity contribution in [3.8, 4) is 11.1 Å². The van der Waals surface area contributed by atoms with Crippen LogP contribution in [-0.2, 0) is 16.0 Å². The molecule has 1 fully saturated rings. The number of aliphatic carboxylic acids is 2. The molecule has 0 amide bonds. The smallest absolute Gasteiger partial charge is 0.339 e. The first-order valence-electron chi connectivity index (χ1n) is 10.7. The van der Waals surface area contributed by atoms with Gasteiger partial charge in [-0.2, -0.15) is 0 Å². The van der Waals surface area contributed by atoms with Gasteiger partial charge in [-0.25, -0.2) is 19.6 Å². The second kappa shape index (κ2) is 9.42. The van der Waals surface area contributed by atoms with Crippen LogP contribution in [-0.4, -0.2) is 81.7 Å². The summed E-state index contributed by atoms with van der Waals surface area (Å²) in [7, 11) is 2.16. The van der Waals surface area contributed by atoms with Crippen LogP contribution in [0.3, 0.4) is 0 Å².